The molecule has 0 aliphatic carbocycles. The third-order valence-electron chi connectivity index (χ3n) is 3.70. The van der Waals surface area contributed by atoms with Gasteiger partial charge in [0.25, 0.3) is 0 Å². The van der Waals surface area contributed by atoms with Crippen molar-refractivity contribution in [2.24, 2.45) is 5.73 Å². The van der Waals surface area contributed by atoms with Crippen LogP contribution >= 0.6 is 15.9 Å². The van der Waals surface area contributed by atoms with Crippen molar-refractivity contribution in [1.82, 2.24) is 0 Å². The quantitative estimate of drug-likeness (QED) is 0.908. The Labute approximate surface area is 133 Å². The normalized spacial score (nSPS) is 18.0. The fraction of sp³-hybridized carbons (Fsp3) is 0.294. The van der Waals surface area contributed by atoms with Crippen LogP contribution in [0.2, 0.25) is 0 Å². The maximum absolute atomic E-state index is 6.02. The first-order valence-corrected chi connectivity index (χ1v) is 7.84. The zero-order valence-corrected chi connectivity index (χ0v) is 13.5. The van der Waals surface area contributed by atoms with E-state index in [1.165, 1.54) is 5.56 Å². The van der Waals surface area contributed by atoms with Crippen LogP contribution in [0.5, 0.6) is 11.5 Å². The molecule has 0 aromatic heterocycles. The molecule has 3 nitrogen and oxygen atoms in total. The third-order valence-corrected chi connectivity index (χ3v) is 4.19. The molecule has 0 bridgehead atoms. The van der Waals surface area contributed by atoms with E-state index in [-0.39, 0.29) is 12.0 Å². The van der Waals surface area contributed by atoms with Gasteiger partial charge in [0.05, 0.1) is 19.1 Å². The summed E-state index contributed by atoms with van der Waals surface area (Å²) in [5.41, 5.74) is 8.25. The summed E-state index contributed by atoms with van der Waals surface area (Å²) in [6.45, 7) is 3.23. The van der Waals surface area contributed by atoms with Gasteiger partial charge in [-0.2, -0.15) is 0 Å². The van der Waals surface area contributed by atoms with E-state index in [1.54, 1.807) is 0 Å². The lowest BCUT2D eigenvalue weighted by Gasteiger charge is -2.16. The Bertz CT molecular complexity index is 642. The second-order valence-electron chi connectivity index (χ2n) is 5.33. The Balaban J connectivity index is 1.75. The topological polar surface area (TPSA) is 44.5 Å². The number of benzene rings is 2. The van der Waals surface area contributed by atoms with Crippen LogP contribution in [0, 0.1) is 0 Å². The van der Waals surface area contributed by atoms with Gasteiger partial charge in [0.1, 0.15) is 11.5 Å². The predicted molar refractivity (Wildman–Crippen MR) is 86.9 cm³/mol. The van der Waals surface area contributed by atoms with Crippen LogP contribution in [-0.4, -0.2) is 13.2 Å². The minimum absolute atomic E-state index is 0.0652. The Morgan fingerprint density at radius 3 is 2.95 bits per heavy atom. The van der Waals surface area contributed by atoms with Crippen LogP contribution < -0.4 is 15.2 Å². The van der Waals surface area contributed by atoms with E-state index in [4.69, 9.17) is 15.2 Å². The molecule has 4 heteroatoms. The average molecular weight is 348 g/mol. The van der Waals surface area contributed by atoms with E-state index < -0.39 is 0 Å². The van der Waals surface area contributed by atoms with Crippen molar-refractivity contribution in [3.8, 4) is 11.5 Å². The first-order valence-electron chi connectivity index (χ1n) is 7.04. The van der Waals surface area contributed by atoms with Crippen molar-refractivity contribution in [2.45, 2.75) is 18.9 Å². The number of ether oxygens (including phenoxy) is 2. The first kappa shape index (κ1) is 14.4. The summed E-state index contributed by atoms with van der Waals surface area (Å²) >= 11 is 3.47. The molecule has 2 aromatic rings. The van der Waals surface area contributed by atoms with Crippen LogP contribution in [0.15, 0.2) is 46.9 Å². The van der Waals surface area contributed by atoms with Crippen molar-refractivity contribution in [3.05, 3.63) is 58.1 Å². The van der Waals surface area contributed by atoms with Gasteiger partial charge in [-0.15, -0.1) is 0 Å². The summed E-state index contributed by atoms with van der Waals surface area (Å²) < 4.78 is 12.7. The lowest BCUT2D eigenvalue weighted by molar-refractivity contribution is 0.246. The lowest BCUT2D eigenvalue weighted by atomic mass is 10.0. The van der Waals surface area contributed by atoms with Gasteiger partial charge in [-0.1, -0.05) is 34.1 Å². The molecule has 110 valence electrons. The number of para-hydroxylation sites is 1. The maximum Gasteiger partial charge on any atom is 0.124 e. The molecule has 1 aliphatic rings. The molecule has 21 heavy (non-hydrogen) atoms. The van der Waals surface area contributed by atoms with Gasteiger partial charge < -0.3 is 15.2 Å². The average Bonchev–Trinajstić information content (AvgIpc) is 2.89. The molecule has 0 radical (unpaired) electrons. The van der Waals surface area contributed by atoms with Crippen molar-refractivity contribution in [3.63, 3.8) is 0 Å². The molecule has 3 rings (SSSR count). The molecule has 2 aromatic carbocycles. The third kappa shape index (κ3) is 3.06. The number of fused-ring (bicyclic) bond motifs is 1. The minimum Gasteiger partial charge on any atom is -0.493 e. The Kier molecular flexibility index (Phi) is 4.17. The molecule has 1 aliphatic heterocycles. The SMILES string of the molecule is CC(N)c1cc(Br)ccc1OCC1COc2ccccc21. The molecule has 2 atom stereocenters. The summed E-state index contributed by atoms with van der Waals surface area (Å²) in [5.74, 6) is 2.08. The highest BCUT2D eigenvalue weighted by Crippen LogP contribution is 2.35. The number of hydrogen-bond donors (Lipinski definition) is 1. The Morgan fingerprint density at radius 2 is 2.14 bits per heavy atom. The van der Waals surface area contributed by atoms with Gasteiger partial charge in [0, 0.05) is 21.6 Å². The second-order valence-corrected chi connectivity index (χ2v) is 6.24. The smallest absolute Gasteiger partial charge is 0.124 e. The molecule has 0 saturated heterocycles. The van der Waals surface area contributed by atoms with Gasteiger partial charge in [-0.05, 0) is 31.2 Å². The van der Waals surface area contributed by atoms with Gasteiger partial charge in [0.15, 0.2) is 0 Å². The Morgan fingerprint density at radius 1 is 1.33 bits per heavy atom. The largest absolute Gasteiger partial charge is 0.493 e. The van der Waals surface area contributed by atoms with Crippen LogP contribution in [-0.2, 0) is 0 Å². The summed E-state index contributed by atoms with van der Waals surface area (Å²) in [5, 5.41) is 0. The van der Waals surface area contributed by atoms with Crippen molar-refractivity contribution in [1.29, 1.82) is 0 Å². The molecule has 1 heterocycles. The minimum atomic E-state index is -0.0652. The lowest BCUT2D eigenvalue weighted by Crippen LogP contribution is -2.14. The molecular weight excluding hydrogens is 330 g/mol. The number of halogens is 1. The van der Waals surface area contributed by atoms with Crippen LogP contribution in [0.1, 0.15) is 30.0 Å². The zero-order valence-electron chi connectivity index (χ0n) is 11.9. The monoisotopic (exact) mass is 347 g/mol. The zero-order chi connectivity index (χ0) is 14.8. The van der Waals surface area contributed by atoms with Crippen LogP contribution in [0.25, 0.3) is 0 Å². The molecular formula is C17H18BrNO2. The van der Waals surface area contributed by atoms with Crippen molar-refractivity contribution >= 4 is 15.9 Å². The fourth-order valence-electron chi connectivity index (χ4n) is 2.56. The highest BCUT2D eigenvalue weighted by atomic mass is 79.9. The highest BCUT2D eigenvalue weighted by Gasteiger charge is 2.24. The number of rotatable bonds is 4. The van der Waals surface area contributed by atoms with Crippen LogP contribution in [0.3, 0.4) is 0 Å². The second kappa shape index (κ2) is 6.08. The predicted octanol–water partition coefficient (Wildman–Crippen LogP) is 4.02. The van der Waals surface area contributed by atoms with Gasteiger partial charge in [-0.3, -0.25) is 0 Å². The summed E-state index contributed by atoms with van der Waals surface area (Å²) in [6.07, 6.45) is 0. The Hall–Kier alpha value is -1.52. The highest BCUT2D eigenvalue weighted by molar-refractivity contribution is 9.10. The first-order chi connectivity index (χ1) is 10.1. The van der Waals surface area contributed by atoms with Crippen LogP contribution in [0.4, 0.5) is 0 Å². The van der Waals surface area contributed by atoms with Gasteiger partial charge in [-0.25, -0.2) is 0 Å². The molecule has 2 unspecified atom stereocenters. The molecule has 0 fully saturated rings. The van der Waals surface area contributed by atoms with Gasteiger partial charge in [0.2, 0.25) is 0 Å². The number of hydrogen-bond acceptors (Lipinski definition) is 3. The standard InChI is InChI=1S/C17H18BrNO2/c1-11(19)15-8-13(18)6-7-17(15)21-10-12-9-20-16-5-3-2-4-14(12)16/h2-8,11-12H,9-10,19H2,1H3. The van der Waals surface area contributed by atoms with Gasteiger partial charge >= 0.3 is 0 Å². The van der Waals surface area contributed by atoms with E-state index >= 15 is 0 Å². The molecule has 0 saturated carbocycles. The van der Waals surface area contributed by atoms with Crippen molar-refractivity contribution in [2.75, 3.05) is 13.2 Å². The molecule has 0 spiro atoms. The van der Waals surface area contributed by atoms with E-state index in [0.29, 0.717) is 13.2 Å². The number of nitrogens with two attached hydrogens (primary N) is 1. The van der Waals surface area contributed by atoms with E-state index in [0.717, 1.165) is 21.5 Å². The van der Waals surface area contributed by atoms with Crippen molar-refractivity contribution < 1.29 is 9.47 Å². The van der Waals surface area contributed by atoms with E-state index in [2.05, 4.69) is 22.0 Å². The molecule has 2 N–H and O–H groups in total. The summed E-state index contributed by atoms with van der Waals surface area (Å²) in [6, 6.07) is 14.0. The summed E-state index contributed by atoms with van der Waals surface area (Å²) in [4.78, 5) is 0. The summed E-state index contributed by atoms with van der Waals surface area (Å²) in [7, 11) is 0. The van der Waals surface area contributed by atoms with E-state index in [9.17, 15) is 0 Å². The van der Waals surface area contributed by atoms with E-state index in [1.807, 2.05) is 43.3 Å². The maximum atomic E-state index is 6.02. The molecule has 0 amide bonds. The fourth-order valence-corrected chi connectivity index (χ4v) is 2.94.